The number of halogens is 4. The standard InChI is InChI=1S/C11H11BrF2INO2/c1-2-18-9(17)4-6-3-8(15)7(5-12)10(16-6)11(13)14/h3,11H,2,4-5H2,1H3. The second kappa shape index (κ2) is 7.32. The lowest BCUT2D eigenvalue weighted by Crippen LogP contribution is -2.11. The molecule has 0 spiro atoms. The van der Waals surface area contributed by atoms with Crippen LogP contribution in [0.4, 0.5) is 8.78 Å². The Morgan fingerprint density at radius 1 is 1.61 bits per heavy atom. The lowest BCUT2D eigenvalue weighted by Gasteiger charge is -2.10. The van der Waals surface area contributed by atoms with Crippen molar-refractivity contribution in [2.75, 3.05) is 6.61 Å². The summed E-state index contributed by atoms with van der Waals surface area (Å²) in [5, 5.41) is 0.303. The first kappa shape index (κ1) is 15.7. The molecule has 1 heterocycles. The Hall–Kier alpha value is -0.310. The lowest BCUT2D eigenvalue weighted by molar-refractivity contribution is -0.142. The molecule has 0 aliphatic rings. The third kappa shape index (κ3) is 4.11. The van der Waals surface area contributed by atoms with Gasteiger partial charge in [0, 0.05) is 14.5 Å². The molecule has 0 aliphatic heterocycles. The van der Waals surface area contributed by atoms with Crippen LogP contribution in [0.1, 0.15) is 30.3 Å². The van der Waals surface area contributed by atoms with Crippen LogP contribution in [0.15, 0.2) is 6.07 Å². The number of pyridine rings is 1. The van der Waals surface area contributed by atoms with Crippen molar-refractivity contribution >= 4 is 44.5 Å². The van der Waals surface area contributed by atoms with E-state index in [0.717, 1.165) is 0 Å². The molecule has 0 radical (unpaired) electrons. The van der Waals surface area contributed by atoms with Crippen LogP contribution in [-0.4, -0.2) is 17.6 Å². The van der Waals surface area contributed by atoms with E-state index >= 15 is 0 Å². The largest absolute Gasteiger partial charge is 0.466 e. The number of esters is 1. The van der Waals surface area contributed by atoms with Crippen LogP contribution >= 0.6 is 38.5 Å². The number of nitrogens with zero attached hydrogens (tertiary/aromatic N) is 1. The van der Waals surface area contributed by atoms with E-state index in [0.29, 0.717) is 20.2 Å². The van der Waals surface area contributed by atoms with Gasteiger partial charge >= 0.3 is 5.97 Å². The summed E-state index contributed by atoms with van der Waals surface area (Å²) in [6.45, 7) is 1.95. The highest BCUT2D eigenvalue weighted by atomic mass is 127. The summed E-state index contributed by atoms with van der Waals surface area (Å²) < 4.78 is 31.1. The van der Waals surface area contributed by atoms with Crippen molar-refractivity contribution in [1.82, 2.24) is 4.98 Å². The molecule has 1 aromatic heterocycles. The van der Waals surface area contributed by atoms with E-state index in [1.165, 1.54) is 0 Å². The van der Waals surface area contributed by atoms with E-state index in [9.17, 15) is 13.6 Å². The van der Waals surface area contributed by atoms with Gasteiger partial charge in [-0.05, 0) is 35.6 Å². The lowest BCUT2D eigenvalue weighted by atomic mass is 10.1. The molecule has 0 N–H and O–H groups in total. The van der Waals surface area contributed by atoms with Crippen molar-refractivity contribution < 1.29 is 18.3 Å². The van der Waals surface area contributed by atoms with Gasteiger partial charge in [-0.15, -0.1) is 0 Å². The normalized spacial score (nSPS) is 10.8. The summed E-state index contributed by atoms with van der Waals surface area (Å²) in [7, 11) is 0. The Kier molecular flexibility index (Phi) is 6.40. The predicted molar refractivity (Wildman–Crippen MR) is 74.9 cm³/mol. The molecular formula is C11H11BrF2INO2. The maximum absolute atomic E-state index is 12.9. The van der Waals surface area contributed by atoms with Crippen LogP contribution in [0.3, 0.4) is 0 Å². The van der Waals surface area contributed by atoms with Crippen LogP contribution in [0.2, 0.25) is 0 Å². The van der Waals surface area contributed by atoms with Crippen LogP contribution in [0.25, 0.3) is 0 Å². The van der Waals surface area contributed by atoms with Crippen molar-refractivity contribution in [3.8, 4) is 0 Å². The molecule has 7 heteroatoms. The van der Waals surface area contributed by atoms with Crippen molar-refractivity contribution in [3.63, 3.8) is 0 Å². The zero-order chi connectivity index (χ0) is 13.7. The zero-order valence-electron chi connectivity index (χ0n) is 9.55. The molecule has 0 saturated carbocycles. The van der Waals surface area contributed by atoms with Crippen LogP contribution in [-0.2, 0) is 21.3 Å². The SMILES string of the molecule is CCOC(=O)Cc1cc(I)c(CBr)c(C(F)F)n1. The maximum atomic E-state index is 12.9. The third-order valence-corrected chi connectivity index (χ3v) is 3.65. The van der Waals surface area contributed by atoms with E-state index in [2.05, 4.69) is 20.9 Å². The molecule has 0 amide bonds. The first-order chi connectivity index (χ1) is 8.49. The monoisotopic (exact) mass is 433 g/mol. The molecule has 3 nitrogen and oxygen atoms in total. The molecule has 100 valence electrons. The molecule has 0 bridgehead atoms. The van der Waals surface area contributed by atoms with Gasteiger partial charge in [0.05, 0.1) is 18.7 Å². The van der Waals surface area contributed by atoms with Crippen molar-refractivity contribution in [1.29, 1.82) is 0 Å². The minimum absolute atomic E-state index is 0.0911. The van der Waals surface area contributed by atoms with Gasteiger partial charge < -0.3 is 4.74 Å². The van der Waals surface area contributed by atoms with Crippen molar-refractivity contribution in [2.45, 2.75) is 25.1 Å². The number of rotatable bonds is 5. The Bertz CT molecular complexity index is 443. The summed E-state index contributed by atoms with van der Waals surface area (Å²) in [5.74, 6) is -0.465. The molecule has 1 aromatic rings. The van der Waals surface area contributed by atoms with Crippen molar-refractivity contribution in [2.24, 2.45) is 0 Å². The van der Waals surface area contributed by atoms with E-state index in [-0.39, 0.29) is 18.7 Å². The molecule has 0 atom stereocenters. The maximum Gasteiger partial charge on any atom is 0.311 e. The van der Waals surface area contributed by atoms with Gasteiger partial charge in [0.15, 0.2) is 0 Å². The predicted octanol–water partition coefficient (Wildman–Crippen LogP) is 3.62. The quantitative estimate of drug-likeness (QED) is 0.404. The van der Waals surface area contributed by atoms with Gasteiger partial charge in [-0.2, -0.15) is 0 Å². The summed E-state index contributed by atoms with van der Waals surface area (Å²) in [6.07, 6.45) is -2.75. The Balaban J connectivity index is 3.05. The second-order valence-corrected chi connectivity index (χ2v) is 5.10. The molecule has 1 rings (SSSR count). The first-order valence-electron chi connectivity index (χ1n) is 5.17. The highest BCUT2D eigenvalue weighted by Crippen LogP contribution is 2.27. The zero-order valence-corrected chi connectivity index (χ0v) is 13.3. The number of hydrogen-bond donors (Lipinski definition) is 0. The van der Waals surface area contributed by atoms with Gasteiger partial charge in [-0.3, -0.25) is 9.78 Å². The Morgan fingerprint density at radius 2 is 2.28 bits per heavy atom. The van der Waals surface area contributed by atoms with Gasteiger partial charge in [0.1, 0.15) is 5.69 Å². The number of aromatic nitrogens is 1. The minimum Gasteiger partial charge on any atom is -0.466 e. The molecule has 0 aromatic carbocycles. The smallest absolute Gasteiger partial charge is 0.311 e. The molecular weight excluding hydrogens is 423 g/mol. The third-order valence-electron chi connectivity index (χ3n) is 2.13. The van der Waals surface area contributed by atoms with Crippen LogP contribution in [0.5, 0.6) is 0 Å². The van der Waals surface area contributed by atoms with Crippen molar-refractivity contribution in [3.05, 3.63) is 26.6 Å². The highest BCUT2D eigenvalue weighted by Gasteiger charge is 2.19. The average molecular weight is 434 g/mol. The average Bonchev–Trinajstić information content (AvgIpc) is 2.28. The minimum atomic E-state index is -2.66. The van der Waals surface area contributed by atoms with Gasteiger partial charge in [-0.25, -0.2) is 8.78 Å². The number of hydrogen-bond acceptors (Lipinski definition) is 3. The van der Waals surface area contributed by atoms with Gasteiger partial charge in [0.2, 0.25) is 0 Å². The van der Waals surface area contributed by atoms with E-state index in [4.69, 9.17) is 4.74 Å². The fourth-order valence-corrected chi connectivity index (χ4v) is 3.31. The second-order valence-electron chi connectivity index (χ2n) is 3.38. The molecule has 18 heavy (non-hydrogen) atoms. The van der Waals surface area contributed by atoms with E-state index < -0.39 is 12.4 Å². The fraction of sp³-hybridized carbons (Fsp3) is 0.455. The number of ether oxygens (including phenoxy) is 1. The number of carbonyl (C=O) groups is 1. The molecule has 0 fully saturated rings. The number of alkyl halides is 3. The molecule has 0 aliphatic carbocycles. The van der Waals surface area contributed by atoms with E-state index in [1.807, 2.05) is 22.6 Å². The molecule has 0 unspecified atom stereocenters. The van der Waals surface area contributed by atoms with Crippen LogP contribution < -0.4 is 0 Å². The van der Waals surface area contributed by atoms with E-state index in [1.54, 1.807) is 13.0 Å². The topological polar surface area (TPSA) is 39.2 Å². The Labute approximate surface area is 126 Å². The first-order valence-corrected chi connectivity index (χ1v) is 7.37. The number of carbonyl (C=O) groups excluding carboxylic acids is 1. The van der Waals surface area contributed by atoms with Gasteiger partial charge in [-0.1, -0.05) is 15.9 Å². The summed E-state index contributed by atoms with van der Waals surface area (Å²) in [6, 6.07) is 1.62. The highest BCUT2D eigenvalue weighted by molar-refractivity contribution is 14.1. The van der Waals surface area contributed by atoms with Crippen LogP contribution in [0, 0.1) is 3.57 Å². The Morgan fingerprint density at radius 3 is 2.78 bits per heavy atom. The molecule has 0 saturated heterocycles. The summed E-state index contributed by atoms with van der Waals surface area (Å²) in [4.78, 5) is 15.1. The summed E-state index contributed by atoms with van der Waals surface area (Å²) >= 11 is 5.12. The van der Waals surface area contributed by atoms with Gasteiger partial charge in [0.25, 0.3) is 6.43 Å². The fourth-order valence-electron chi connectivity index (χ4n) is 1.37. The summed E-state index contributed by atoms with van der Waals surface area (Å²) in [5.41, 5.74) is 0.481.